The van der Waals surface area contributed by atoms with Gasteiger partial charge >= 0.3 is 0 Å². The summed E-state index contributed by atoms with van der Waals surface area (Å²) in [5.74, 6) is 4.50. The van der Waals surface area contributed by atoms with Gasteiger partial charge in [0.1, 0.15) is 0 Å². The number of allylic oxidation sites excluding steroid dienone is 8. The normalized spacial score (nSPS) is 25.3. The van der Waals surface area contributed by atoms with Crippen molar-refractivity contribution in [3.05, 3.63) is 138 Å². The lowest BCUT2D eigenvalue weighted by Gasteiger charge is -2.51. The van der Waals surface area contributed by atoms with Crippen molar-refractivity contribution in [2.75, 3.05) is 5.32 Å². The highest BCUT2D eigenvalue weighted by Gasteiger charge is 2.54. The summed E-state index contributed by atoms with van der Waals surface area (Å²) < 4.78 is 0. The Bertz CT molecular complexity index is 1950. The quantitative estimate of drug-likeness (QED) is 0.0955. The second-order valence-electron chi connectivity index (χ2n) is 23.8. The molecule has 5 atom stereocenters. The number of nitrogens with one attached hydrogen (secondary N) is 1. The number of rotatable bonds is 17. The van der Waals surface area contributed by atoms with Crippen molar-refractivity contribution in [2.45, 2.75) is 172 Å². The lowest BCUT2D eigenvalue weighted by Crippen LogP contribution is -2.49. The van der Waals surface area contributed by atoms with Crippen LogP contribution in [-0.2, 0) is 0 Å². The Balaban J connectivity index is 1.73. The van der Waals surface area contributed by atoms with Crippen LogP contribution in [-0.4, -0.2) is 22.9 Å². The number of nitrogens with zero attached hydrogens (tertiary/aromatic N) is 1. The molecular formula is C58H87BN2S. The van der Waals surface area contributed by atoms with Gasteiger partial charge in [0.15, 0.2) is 0 Å². The van der Waals surface area contributed by atoms with Crippen molar-refractivity contribution in [3.8, 4) is 0 Å². The first kappa shape index (κ1) is 49.9. The van der Waals surface area contributed by atoms with Gasteiger partial charge < -0.3 is 10.2 Å². The smallest absolute Gasteiger partial charge is 0.232 e. The van der Waals surface area contributed by atoms with E-state index in [4.69, 9.17) is 13.2 Å². The maximum atomic E-state index is 4.89. The molecule has 1 aromatic carbocycles. The zero-order valence-electron chi connectivity index (χ0n) is 42.0. The summed E-state index contributed by atoms with van der Waals surface area (Å²) in [6, 6.07) is 9.17. The van der Waals surface area contributed by atoms with Crippen LogP contribution in [0.1, 0.15) is 166 Å². The van der Waals surface area contributed by atoms with E-state index in [2.05, 4.69) is 198 Å². The fourth-order valence-electron chi connectivity index (χ4n) is 10.8. The summed E-state index contributed by atoms with van der Waals surface area (Å²) in [5.41, 5.74) is 11.5. The first-order valence-corrected chi connectivity index (χ1v) is 25.2. The Kier molecular flexibility index (Phi) is 15.7. The molecule has 0 bridgehead atoms. The van der Waals surface area contributed by atoms with Gasteiger partial charge in [-0.3, -0.25) is 0 Å². The summed E-state index contributed by atoms with van der Waals surface area (Å²) >= 11 is 2.12. The van der Waals surface area contributed by atoms with E-state index < -0.39 is 0 Å². The van der Waals surface area contributed by atoms with Crippen LogP contribution in [0.5, 0.6) is 0 Å². The van der Waals surface area contributed by atoms with Gasteiger partial charge in [0.05, 0.1) is 0 Å². The molecule has 0 saturated heterocycles. The van der Waals surface area contributed by atoms with E-state index in [0.717, 1.165) is 48.9 Å². The number of anilines is 1. The van der Waals surface area contributed by atoms with Crippen molar-refractivity contribution in [2.24, 2.45) is 44.8 Å². The molecule has 2 heterocycles. The molecule has 338 valence electrons. The van der Waals surface area contributed by atoms with Gasteiger partial charge in [0.2, 0.25) is 6.71 Å². The molecule has 2 aliphatic carbocycles. The Morgan fingerprint density at radius 3 is 2.19 bits per heavy atom. The lowest BCUT2D eigenvalue weighted by molar-refractivity contribution is 0.0926. The van der Waals surface area contributed by atoms with Gasteiger partial charge in [-0.15, -0.1) is 18.3 Å². The second kappa shape index (κ2) is 19.6. The Hall–Kier alpha value is -3.11. The summed E-state index contributed by atoms with van der Waals surface area (Å²) in [6.07, 6.45) is 23.5. The zero-order chi connectivity index (χ0) is 46.0. The molecular weight excluding hydrogens is 768 g/mol. The van der Waals surface area contributed by atoms with Gasteiger partial charge in [0.25, 0.3) is 0 Å². The molecule has 0 aromatic heterocycles. The number of hydrogen-bond donors (Lipinski definition) is 1. The van der Waals surface area contributed by atoms with Crippen molar-refractivity contribution < 1.29 is 0 Å². The lowest BCUT2D eigenvalue weighted by atomic mass is 9.33. The Labute approximate surface area is 386 Å². The number of thioether (sulfide) groups is 1. The third kappa shape index (κ3) is 11.4. The van der Waals surface area contributed by atoms with Crippen LogP contribution in [0, 0.1) is 44.8 Å². The minimum Gasteiger partial charge on any atom is -0.379 e. The molecule has 62 heavy (non-hydrogen) atoms. The van der Waals surface area contributed by atoms with E-state index in [1.807, 2.05) is 6.08 Å². The van der Waals surface area contributed by atoms with E-state index in [9.17, 15) is 0 Å². The summed E-state index contributed by atoms with van der Waals surface area (Å²) in [6.45, 7) is 52.2. The third-order valence-corrected chi connectivity index (χ3v) is 17.5. The average molecular weight is 855 g/mol. The molecule has 1 aromatic rings. The van der Waals surface area contributed by atoms with Crippen molar-refractivity contribution in [1.29, 1.82) is 0 Å². The first-order valence-electron chi connectivity index (χ1n) is 24.2. The molecule has 5 rings (SSSR count). The van der Waals surface area contributed by atoms with Crippen LogP contribution >= 0.6 is 11.8 Å². The topological polar surface area (TPSA) is 15.3 Å². The van der Waals surface area contributed by atoms with Gasteiger partial charge in [0, 0.05) is 35.1 Å². The van der Waals surface area contributed by atoms with Gasteiger partial charge in [-0.2, -0.15) is 0 Å². The predicted octanol–water partition coefficient (Wildman–Crippen LogP) is 17.3. The second-order valence-corrected chi connectivity index (χ2v) is 24.8. The predicted molar refractivity (Wildman–Crippen MR) is 279 cm³/mol. The van der Waals surface area contributed by atoms with Crippen LogP contribution in [0.2, 0.25) is 0 Å². The largest absolute Gasteiger partial charge is 0.379 e. The Morgan fingerprint density at radius 2 is 1.58 bits per heavy atom. The van der Waals surface area contributed by atoms with Crippen LogP contribution in [0.25, 0.3) is 0 Å². The van der Waals surface area contributed by atoms with Crippen molar-refractivity contribution in [3.63, 3.8) is 0 Å². The fraction of sp³-hybridized carbons (Fsp3) is 0.586. The number of fused-ring (bicyclic) bond motifs is 1. The summed E-state index contributed by atoms with van der Waals surface area (Å²) in [4.78, 5) is 2.54. The monoisotopic (exact) mass is 855 g/mol. The molecule has 2 aliphatic heterocycles. The van der Waals surface area contributed by atoms with Crippen LogP contribution in [0.15, 0.2) is 132 Å². The maximum absolute atomic E-state index is 4.89. The molecule has 4 heteroatoms. The number of benzene rings is 1. The third-order valence-electron chi connectivity index (χ3n) is 15.9. The SMILES string of the molecule is C=CCCC(=C)C(=C)CC(Nc1ccc(C(C)C)cc1)C1=CN(/C=C/CC(/C=C/C)C(C)(C)C)C(CC2C(=C)C(C)(C)CCC2(C)C)=CB1C1=CSC2C1C(C)(C)CCC2(C)C. The molecule has 0 spiro atoms. The van der Waals surface area contributed by atoms with Crippen LogP contribution < -0.4 is 5.32 Å². The van der Waals surface area contributed by atoms with Gasteiger partial charge in [-0.1, -0.05) is 180 Å². The summed E-state index contributed by atoms with van der Waals surface area (Å²) in [7, 11) is 0. The Morgan fingerprint density at radius 1 is 0.935 bits per heavy atom. The highest BCUT2D eigenvalue weighted by atomic mass is 32.2. The first-order chi connectivity index (χ1) is 28.8. The van der Waals surface area contributed by atoms with Crippen molar-refractivity contribution in [1.82, 2.24) is 4.90 Å². The van der Waals surface area contributed by atoms with Crippen LogP contribution in [0.3, 0.4) is 0 Å². The minimum atomic E-state index is 0.00149. The van der Waals surface area contributed by atoms with E-state index >= 15 is 0 Å². The van der Waals surface area contributed by atoms with E-state index in [1.54, 1.807) is 5.47 Å². The zero-order valence-corrected chi connectivity index (χ0v) is 42.8. The van der Waals surface area contributed by atoms with Crippen molar-refractivity contribution >= 4 is 24.2 Å². The van der Waals surface area contributed by atoms with Crippen LogP contribution in [0.4, 0.5) is 5.69 Å². The molecule has 2 saturated carbocycles. The average Bonchev–Trinajstić information content (AvgIpc) is 3.67. The molecule has 0 amide bonds. The number of hydrogen-bond acceptors (Lipinski definition) is 3. The highest BCUT2D eigenvalue weighted by molar-refractivity contribution is 8.03. The molecule has 2 fully saturated rings. The molecule has 4 aliphatic rings. The summed E-state index contributed by atoms with van der Waals surface area (Å²) in [5, 5.41) is 7.32. The van der Waals surface area contributed by atoms with E-state index in [0.29, 0.717) is 28.9 Å². The standard InChI is InChI=1S/C58H87BN2S/c1-19-21-24-41(5)42(6)35-51(60-46-28-26-44(27-29-46)40(3)4)49-38-61(34-22-25-45(23-20-2)54(8,9)10)47(36-48-43(7)55(11,12)30-31-56(48,13)14)37-59(49)50-39-62-53-52(50)57(15,16)32-33-58(53,17)18/h19-20,22-23,26-29,34,37-40,45,48,51-53,60H,1,5-7,21,24-25,30-33,35-36H2,2-4,8-18H3/b23-20+,34-22+. The molecule has 2 nitrogen and oxygen atoms in total. The minimum absolute atomic E-state index is 0.00149. The maximum Gasteiger partial charge on any atom is 0.232 e. The van der Waals surface area contributed by atoms with E-state index in [-0.39, 0.29) is 39.8 Å². The molecule has 0 radical (unpaired) electrons. The van der Waals surface area contributed by atoms with Gasteiger partial charge in [-0.05, 0) is 139 Å². The molecule has 5 unspecified atom stereocenters. The van der Waals surface area contributed by atoms with E-state index in [1.165, 1.54) is 48.0 Å². The highest BCUT2D eigenvalue weighted by Crippen LogP contribution is 2.61. The molecule has 1 N–H and O–H groups in total. The van der Waals surface area contributed by atoms with Gasteiger partial charge in [-0.25, -0.2) is 0 Å². The fourth-order valence-corrected chi connectivity index (χ4v) is 12.6.